The molecule has 0 unspecified atom stereocenters. The number of aliphatic hydroxyl groups excluding tert-OH is 2. The summed E-state index contributed by atoms with van der Waals surface area (Å²) in [5.74, 6) is -0.445. The first-order valence-electron chi connectivity index (χ1n) is 11.6. The number of rotatable bonds is 3. The SMILES string of the molecule is CO[C@@H]1CC(=O)[C@]23C(=O)N[C@H](CC(C)C)[C@@H]2[C@H](C)C(C)=C[C@@H]3/C=C(/C)CC[C@H](O)[C@@H]1O. The molecule has 31 heavy (non-hydrogen) atoms. The van der Waals surface area contributed by atoms with Crippen LogP contribution in [0.25, 0.3) is 0 Å². The number of hydrogen-bond acceptors (Lipinski definition) is 5. The fourth-order valence-electron chi connectivity index (χ4n) is 6.08. The van der Waals surface area contributed by atoms with Crippen molar-refractivity contribution >= 4 is 11.7 Å². The van der Waals surface area contributed by atoms with Crippen molar-refractivity contribution in [2.24, 2.45) is 29.1 Å². The Labute approximate surface area is 186 Å². The molecule has 6 heteroatoms. The van der Waals surface area contributed by atoms with E-state index in [2.05, 4.69) is 39.1 Å². The lowest BCUT2D eigenvalue weighted by molar-refractivity contribution is -0.149. The standard InChI is InChI=1S/C25H39NO5/c1-13(2)9-18-22-16(5)15(4)11-17-10-14(3)7-8-19(27)23(29)20(31-6)12-21(28)25(17,22)24(30)26-18/h10-11,13,16-20,22-23,27,29H,7-9,12H2,1-6H3,(H,26,30)/b14-10-/t16-,17+,18-,19+,20-,22+,23+,25+/m1/s1. The van der Waals surface area contributed by atoms with E-state index in [0.29, 0.717) is 18.8 Å². The van der Waals surface area contributed by atoms with E-state index in [-0.39, 0.29) is 41.9 Å². The van der Waals surface area contributed by atoms with Gasteiger partial charge >= 0.3 is 0 Å². The highest BCUT2D eigenvalue weighted by atomic mass is 16.5. The average Bonchev–Trinajstić information content (AvgIpc) is 2.98. The third-order valence-electron chi connectivity index (χ3n) is 7.83. The van der Waals surface area contributed by atoms with E-state index < -0.39 is 23.7 Å². The number of allylic oxidation sites excluding steroid dienone is 4. The Bertz CT molecular complexity index is 772. The second-order valence-electron chi connectivity index (χ2n) is 10.3. The Balaban J connectivity index is 2.19. The summed E-state index contributed by atoms with van der Waals surface area (Å²) in [4.78, 5) is 27.7. The van der Waals surface area contributed by atoms with Gasteiger partial charge < -0.3 is 20.3 Å². The Morgan fingerprint density at radius 3 is 2.52 bits per heavy atom. The second kappa shape index (κ2) is 9.16. The second-order valence-corrected chi connectivity index (χ2v) is 10.3. The van der Waals surface area contributed by atoms with Gasteiger partial charge in [-0.15, -0.1) is 0 Å². The van der Waals surface area contributed by atoms with Crippen LogP contribution >= 0.6 is 0 Å². The number of ketones is 1. The zero-order valence-electron chi connectivity index (χ0n) is 19.7. The molecule has 174 valence electrons. The van der Waals surface area contributed by atoms with E-state index in [0.717, 1.165) is 12.0 Å². The number of carbonyl (C=O) groups is 2. The summed E-state index contributed by atoms with van der Waals surface area (Å²) in [7, 11) is 1.44. The molecule has 3 aliphatic rings. The Morgan fingerprint density at radius 2 is 1.90 bits per heavy atom. The molecule has 0 aromatic carbocycles. The third kappa shape index (κ3) is 4.14. The van der Waals surface area contributed by atoms with Crippen LogP contribution in [-0.2, 0) is 14.3 Å². The number of amides is 1. The Hall–Kier alpha value is -1.50. The van der Waals surface area contributed by atoms with Crippen molar-refractivity contribution in [3.63, 3.8) is 0 Å². The summed E-state index contributed by atoms with van der Waals surface area (Å²) in [5.41, 5.74) is 0.994. The maximum absolute atomic E-state index is 14.0. The van der Waals surface area contributed by atoms with Gasteiger partial charge in [0.2, 0.25) is 5.91 Å². The highest BCUT2D eigenvalue weighted by molar-refractivity contribution is 6.09. The summed E-state index contributed by atoms with van der Waals surface area (Å²) >= 11 is 0. The number of ether oxygens (including phenoxy) is 1. The van der Waals surface area contributed by atoms with Crippen molar-refractivity contribution in [2.45, 2.75) is 84.7 Å². The first-order chi connectivity index (χ1) is 14.5. The fraction of sp³-hybridized carbons (Fsp3) is 0.760. The van der Waals surface area contributed by atoms with Gasteiger partial charge in [-0.05, 0) is 44.9 Å². The van der Waals surface area contributed by atoms with Crippen LogP contribution in [0.4, 0.5) is 0 Å². The van der Waals surface area contributed by atoms with E-state index in [4.69, 9.17) is 4.74 Å². The number of carbonyl (C=O) groups excluding carboxylic acids is 2. The zero-order chi connectivity index (χ0) is 23.1. The molecule has 0 saturated carbocycles. The van der Waals surface area contributed by atoms with Crippen LogP contribution in [0.2, 0.25) is 0 Å². The smallest absolute Gasteiger partial charge is 0.235 e. The van der Waals surface area contributed by atoms with Crippen LogP contribution in [0.5, 0.6) is 0 Å². The van der Waals surface area contributed by atoms with Gasteiger partial charge in [0.15, 0.2) is 5.78 Å². The number of nitrogens with one attached hydrogen (secondary N) is 1. The number of Topliss-reactive ketones (excluding diaryl/α,β-unsaturated/α-hetero) is 1. The third-order valence-corrected chi connectivity index (χ3v) is 7.83. The maximum atomic E-state index is 14.0. The lowest BCUT2D eigenvalue weighted by Crippen LogP contribution is -2.54. The summed E-state index contributed by atoms with van der Waals surface area (Å²) in [6, 6.07) is -0.0760. The molecule has 2 aliphatic carbocycles. The molecule has 1 spiro atoms. The summed E-state index contributed by atoms with van der Waals surface area (Å²) in [6.45, 7) is 10.4. The molecule has 0 aromatic rings. The summed E-state index contributed by atoms with van der Waals surface area (Å²) in [6.07, 6.45) is 2.79. The molecule has 3 N–H and O–H groups in total. The molecule has 6 nitrogen and oxygen atoms in total. The Kier molecular flexibility index (Phi) is 7.14. The fourth-order valence-corrected chi connectivity index (χ4v) is 6.08. The molecule has 1 heterocycles. The van der Waals surface area contributed by atoms with Crippen molar-refractivity contribution in [3.8, 4) is 0 Å². The Morgan fingerprint density at radius 1 is 1.23 bits per heavy atom. The maximum Gasteiger partial charge on any atom is 0.235 e. The molecule has 1 amide bonds. The number of methoxy groups -OCH3 is 1. The van der Waals surface area contributed by atoms with Gasteiger partial charge in [0.05, 0.1) is 12.2 Å². The normalized spacial score (nSPS) is 43.3. The van der Waals surface area contributed by atoms with Crippen molar-refractivity contribution in [3.05, 3.63) is 23.3 Å². The minimum absolute atomic E-state index is 0.0760. The highest BCUT2D eigenvalue weighted by Gasteiger charge is 2.65. The molecule has 0 aromatic heterocycles. The zero-order valence-corrected chi connectivity index (χ0v) is 19.7. The van der Waals surface area contributed by atoms with Gasteiger partial charge in [0.1, 0.15) is 11.5 Å². The van der Waals surface area contributed by atoms with Crippen LogP contribution in [0.15, 0.2) is 23.3 Å². The topological polar surface area (TPSA) is 95.9 Å². The van der Waals surface area contributed by atoms with Crippen LogP contribution in [0, 0.1) is 29.1 Å². The lowest BCUT2D eigenvalue weighted by Gasteiger charge is -2.45. The summed E-state index contributed by atoms with van der Waals surface area (Å²) in [5, 5.41) is 24.3. The number of aliphatic hydroxyl groups is 2. The predicted molar refractivity (Wildman–Crippen MR) is 119 cm³/mol. The molecule has 3 rings (SSSR count). The van der Waals surface area contributed by atoms with E-state index in [1.807, 2.05) is 13.0 Å². The van der Waals surface area contributed by atoms with Crippen molar-refractivity contribution in [1.29, 1.82) is 0 Å². The van der Waals surface area contributed by atoms with Crippen molar-refractivity contribution in [2.75, 3.05) is 7.11 Å². The summed E-state index contributed by atoms with van der Waals surface area (Å²) < 4.78 is 5.45. The molecule has 0 radical (unpaired) electrons. The molecule has 0 bridgehead atoms. The van der Waals surface area contributed by atoms with E-state index in [1.165, 1.54) is 12.7 Å². The van der Waals surface area contributed by atoms with Crippen LogP contribution < -0.4 is 5.32 Å². The molecule has 1 fully saturated rings. The highest BCUT2D eigenvalue weighted by Crippen LogP contribution is 2.55. The van der Waals surface area contributed by atoms with Gasteiger partial charge in [0.25, 0.3) is 0 Å². The average molecular weight is 434 g/mol. The van der Waals surface area contributed by atoms with Gasteiger partial charge in [-0.2, -0.15) is 0 Å². The van der Waals surface area contributed by atoms with Crippen molar-refractivity contribution in [1.82, 2.24) is 5.32 Å². The van der Waals surface area contributed by atoms with E-state index in [9.17, 15) is 19.8 Å². The first kappa shape index (κ1) is 24.1. The van der Waals surface area contributed by atoms with E-state index >= 15 is 0 Å². The first-order valence-corrected chi connectivity index (χ1v) is 11.6. The van der Waals surface area contributed by atoms with Gasteiger partial charge in [-0.25, -0.2) is 0 Å². The van der Waals surface area contributed by atoms with Crippen LogP contribution in [-0.4, -0.2) is 53.4 Å². The van der Waals surface area contributed by atoms with Crippen molar-refractivity contribution < 1.29 is 24.5 Å². The van der Waals surface area contributed by atoms with Gasteiger partial charge in [-0.3, -0.25) is 9.59 Å². The molecular weight excluding hydrogens is 394 g/mol. The largest absolute Gasteiger partial charge is 0.390 e. The van der Waals surface area contributed by atoms with Crippen LogP contribution in [0.3, 0.4) is 0 Å². The van der Waals surface area contributed by atoms with Crippen LogP contribution in [0.1, 0.15) is 60.3 Å². The minimum Gasteiger partial charge on any atom is -0.390 e. The van der Waals surface area contributed by atoms with E-state index in [1.54, 1.807) is 0 Å². The van der Waals surface area contributed by atoms with Gasteiger partial charge in [-0.1, -0.05) is 44.1 Å². The minimum atomic E-state index is -1.22. The predicted octanol–water partition coefficient (Wildman–Crippen LogP) is 2.78. The lowest BCUT2D eigenvalue weighted by atomic mass is 9.54. The molecule has 1 aliphatic heterocycles. The molecular formula is C25H39NO5. The monoisotopic (exact) mass is 433 g/mol. The molecule has 8 atom stereocenters. The quantitative estimate of drug-likeness (QED) is 0.470. The molecule has 1 saturated heterocycles. The number of hydrogen-bond donors (Lipinski definition) is 3. The van der Waals surface area contributed by atoms with Gasteiger partial charge in [0, 0.05) is 31.4 Å².